The predicted octanol–water partition coefficient (Wildman–Crippen LogP) is 5.04. The summed E-state index contributed by atoms with van der Waals surface area (Å²) in [5.74, 6) is 0. The summed E-state index contributed by atoms with van der Waals surface area (Å²) in [4.78, 5) is 0. The Labute approximate surface area is 94.8 Å². The molecule has 0 aliphatic heterocycles. The third kappa shape index (κ3) is 5.01. The summed E-state index contributed by atoms with van der Waals surface area (Å²) in [6, 6.07) is 0. The largest absolute Gasteiger partial charge is 0.0999 e. The van der Waals surface area contributed by atoms with E-state index in [0.29, 0.717) is 5.41 Å². The molecule has 0 aromatic rings. The van der Waals surface area contributed by atoms with Gasteiger partial charge in [-0.2, -0.15) is 0 Å². The summed E-state index contributed by atoms with van der Waals surface area (Å²) < 4.78 is 0. The maximum Gasteiger partial charge on any atom is -0.0141 e. The van der Waals surface area contributed by atoms with Gasteiger partial charge in [-0.3, -0.25) is 0 Å². The van der Waals surface area contributed by atoms with E-state index in [1.165, 1.54) is 30.4 Å². The van der Waals surface area contributed by atoms with Crippen LogP contribution in [0, 0.1) is 5.41 Å². The first-order chi connectivity index (χ1) is 6.99. The maximum atomic E-state index is 4.16. The van der Waals surface area contributed by atoms with Crippen molar-refractivity contribution in [3.8, 4) is 0 Å². The Morgan fingerprint density at radius 2 is 2.00 bits per heavy atom. The zero-order valence-electron chi connectivity index (χ0n) is 10.5. The van der Waals surface area contributed by atoms with Crippen LogP contribution in [-0.2, 0) is 0 Å². The first kappa shape index (κ1) is 12.3. The van der Waals surface area contributed by atoms with E-state index in [9.17, 15) is 0 Å². The minimum absolute atomic E-state index is 0.327. The van der Waals surface area contributed by atoms with Gasteiger partial charge in [-0.15, -0.1) is 0 Å². The summed E-state index contributed by atoms with van der Waals surface area (Å²) in [5, 5.41) is 0. The van der Waals surface area contributed by atoms with Crippen molar-refractivity contribution in [3.05, 3.63) is 36.0 Å². The van der Waals surface area contributed by atoms with Gasteiger partial charge in [0.25, 0.3) is 0 Å². The molecular weight excluding hydrogens is 180 g/mol. The second-order valence-electron chi connectivity index (χ2n) is 5.43. The van der Waals surface area contributed by atoms with Crippen LogP contribution in [0.3, 0.4) is 0 Å². The summed E-state index contributed by atoms with van der Waals surface area (Å²) in [7, 11) is 0. The van der Waals surface area contributed by atoms with Crippen LogP contribution in [0.5, 0.6) is 0 Å². The molecule has 0 fully saturated rings. The lowest BCUT2D eigenvalue weighted by atomic mass is 9.85. The number of hydrogen-bond donors (Lipinski definition) is 0. The Kier molecular flexibility index (Phi) is 4.38. The zero-order chi connectivity index (χ0) is 11.3. The van der Waals surface area contributed by atoms with Crippen molar-refractivity contribution in [1.82, 2.24) is 0 Å². The third-order valence-corrected chi connectivity index (χ3v) is 3.12. The molecule has 0 bridgehead atoms. The quantitative estimate of drug-likeness (QED) is 0.485. The van der Waals surface area contributed by atoms with Gasteiger partial charge in [-0.25, -0.2) is 0 Å². The maximum absolute atomic E-state index is 4.16. The van der Waals surface area contributed by atoms with Crippen LogP contribution in [0.15, 0.2) is 36.0 Å². The summed E-state index contributed by atoms with van der Waals surface area (Å²) in [5.41, 5.74) is 3.22. The molecule has 84 valence electrons. The van der Waals surface area contributed by atoms with Gasteiger partial charge in [0, 0.05) is 0 Å². The molecule has 0 radical (unpaired) electrons. The summed E-state index contributed by atoms with van der Waals surface area (Å²) in [6.07, 6.45) is 12.9. The Hall–Kier alpha value is -0.780. The first-order valence-corrected chi connectivity index (χ1v) is 5.99. The van der Waals surface area contributed by atoms with E-state index in [4.69, 9.17) is 0 Å². The lowest BCUT2D eigenvalue weighted by Crippen LogP contribution is -2.07. The van der Waals surface area contributed by atoms with Gasteiger partial charge >= 0.3 is 0 Å². The number of hydrogen-bond acceptors (Lipinski definition) is 0. The fourth-order valence-corrected chi connectivity index (χ4v) is 1.88. The fourth-order valence-electron chi connectivity index (χ4n) is 1.88. The zero-order valence-corrected chi connectivity index (χ0v) is 10.5. The van der Waals surface area contributed by atoms with Gasteiger partial charge < -0.3 is 0 Å². The van der Waals surface area contributed by atoms with Crippen molar-refractivity contribution in [2.75, 3.05) is 0 Å². The van der Waals surface area contributed by atoms with Crippen LogP contribution in [0.1, 0.15) is 52.9 Å². The molecule has 0 saturated carbocycles. The van der Waals surface area contributed by atoms with Crippen molar-refractivity contribution in [2.45, 2.75) is 52.9 Å². The standard InChI is InChI=1S/C15H24/c1-13-7-5-8-14(2)10-12-15(3,4)11-6-9-13/h6-7,11H,2,5,8-10,12H2,1,3-4H3. The highest BCUT2D eigenvalue weighted by Gasteiger charge is 2.13. The molecule has 0 atom stereocenters. The van der Waals surface area contributed by atoms with Crippen molar-refractivity contribution in [1.29, 1.82) is 0 Å². The monoisotopic (exact) mass is 204 g/mol. The molecule has 0 amide bonds. The molecular formula is C15H24. The van der Waals surface area contributed by atoms with E-state index in [-0.39, 0.29) is 0 Å². The highest BCUT2D eigenvalue weighted by atomic mass is 14.2. The number of allylic oxidation sites excluding steroid dienone is 5. The molecule has 0 heteroatoms. The molecule has 0 spiro atoms. The fraction of sp³-hybridized carbons (Fsp3) is 0.600. The van der Waals surface area contributed by atoms with Crippen LogP contribution in [-0.4, -0.2) is 0 Å². The predicted molar refractivity (Wildman–Crippen MR) is 68.9 cm³/mol. The van der Waals surface area contributed by atoms with E-state index >= 15 is 0 Å². The van der Waals surface area contributed by atoms with Crippen molar-refractivity contribution in [2.24, 2.45) is 5.41 Å². The van der Waals surface area contributed by atoms with Gasteiger partial charge in [0.1, 0.15) is 0 Å². The lowest BCUT2D eigenvalue weighted by molar-refractivity contribution is 0.434. The van der Waals surface area contributed by atoms with Gasteiger partial charge in [-0.1, -0.05) is 49.8 Å². The Balaban J connectivity index is 2.71. The molecule has 1 aliphatic carbocycles. The molecule has 1 rings (SSSR count). The Morgan fingerprint density at radius 3 is 2.73 bits per heavy atom. The average molecular weight is 204 g/mol. The summed E-state index contributed by atoms with van der Waals surface area (Å²) in [6.45, 7) is 11.0. The average Bonchev–Trinajstić information content (AvgIpc) is 2.15. The molecule has 0 aromatic heterocycles. The van der Waals surface area contributed by atoms with E-state index in [2.05, 4.69) is 45.6 Å². The lowest BCUT2D eigenvalue weighted by Gasteiger charge is -2.20. The molecule has 0 aromatic carbocycles. The van der Waals surface area contributed by atoms with Crippen LogP contribution in [0.25, 0.3) is 0 Å². The van der Waals surface area contributed by atoms with Crippen LogP contribution in [0.4, 0.5) is 0 Å². The van der Waals surface area contributed by atoms with Crippen LogP contribution < -0.4 is 0 Å². The van der Waals surface area contributed by atoms with Gasteiger partial charge in [-0.05, 0) is 44.4 Å². The second-order valence-corrected chi connectivity index (χ2v) is 5.43. The minimum Gasteiger partial charge on any atom is -0.0999 e. The highest BCUT2D eigenvalue weighted by Crippen LogP contribution is 2.28. The Bertz CT molecular complexity index is 276. The molecule has 1 aliphatic rings. The van der Waals surface area contributed by atoms with Crippen LogP contribution in [0.2, 0.25) is 0 Å². The van der Waals surface area contributed by atoms with Crippen molar-refractivity contribution < 1.29 is 0 Å². The molecule has 0 saturated heterocycles. The number of rotatable bonds is 0. The van der Waals surface area contributed by atoms with E-state index < -0.39 is 0 Å². The van der Waals surface area contributed by atoms with E-state index in [1.807, 2.05) is 0 Å². The topological polar surface area (TPSA) is 0 Å². The van der Waals surface area contributed by atoms with Crippen LogP contribution >= 0.6 is 0 Å². The van der Waals surface area contributed by atoms with Crippen molar-refractivity contribution in [3.63, 3.8) is 0 Å². The molecule has 0 nitrogen and oxygen atoms in total. The smallest absolute Gasteiger partial charge is 0.0141 e. The van der Waals surface area contributed by atoms with E-state index in [1.54, 1.807) is 0 Å². The molecule has 0 heterocycles. The van der Waals surface area contributed by atoms with Gasteiger partial charge in [0.2, 0.25) is 0 Å². The molecule has 15 heavy (non-hydrogen) atoms. The second kappa shape index (κ2) is 5.34. The minimum atomic E-state index is 0.327. The van der Waals surface area contributed by atoms with E-state index in [0.717, 1.165) is 12.8 Å². The normalized spacial score (nSPS) is 23.1. The molecule has 0 unspecified atom stereocenters. The first-order valence-electron chi connectivity index (χ1n) is 5.99. The SMILES string of the molecule is C=C1CCC=C(C)CC=CC(C)(C)CC1. The Morgan fingerprint density at radius 1 is 1.27 bits per heavy atom. The van der Waals surface area contributed by atoms with Crippen molar-refractivity contribution >= 4 is 0 Å². The summed E-state index contributed by atoms with van der Waals surface area (Å²) >= 11 is 0. The molecule has 0 N–H and O–H groups in total. The van der Waals surface area contributed by atoms with Gasteiger partial charge in [0.15, 0.2) is 0 Å². The third-order valence-electron chi connectivity index (χ3n) is 3.12. The highest BCUT2D eigenvalue weighted by molar-refractivity contribution is 5.10. The van der Waals surface area contributed by atoms with Gasteiger partial charge in [0.05, 0.1) is 0 Å².